The Kier molecular flexibility index (Phi) is 11.3. The smallest absolute Gasteiger partial charge is 0.323 e. The number of aromatic nitrogens is 3. The highest BCUT2D eigenvalue weighted by Gasteiger charge is 2.23. The second-order valence-electron chi connectivity index (χ2n) is 13.3. The van der Waals surface area contributed by atoms with Crippen molar-refractivity contribution in [2.45, 2.75) is 79.2 Å². The summed E-state index contributed by atoms with van der Waals surface area (Å²) in [7, 11) is 0. The lowest BCUT2D eigenvalue weighted by atomic mass is 9.93. The van der Waals surface area contributed by atoms with Crippen LogP contribution in [-0.4, -0.2) is 27.2 Å². The van der Waals surface area contributed by atoms with Crippen LogP contribution in [0.3, 0.4) is 0 Å². The zero-order valence-corrected chi connectivity index (χ0v) is 28.9. The molecule has 0 radical (unpaired) electrons. The Hall–Kier alpha value is -4.98. The van der Waals surface area contributed by atoms with Crippen molar-refractivity contribution in [1.82, 2.24) is 14.5 Å². The first kappa shape index (κ1) is 34.4. The van der Waals surface area contributed by atoms with Crippen molar-refractivity contribution in [2.24, 2.45) is 5.92 Å². The van der Waals surface area contributed by atoms with Crippen LogP contribution in [0, 0.1) is 5.92 Å². The van der Waals surface area contributed by atoms with Gasteiger partial charge in [-0.2, -0.15) is 0 Å². The second-order valence-corrected chi connectivity index (χ2v) is 13.3. The molecule has 2 aromatic carbocycles. The number of rotatable bonds is 13. The van der Waals surface area contributed by atoms with E-state index >= 15 is 0 Å². The van der Waals surface area contributed by atoms with Gasteiger partial charge in [0.05, 0.1) is 6.61 Å². The summed E-state index contributed by atoms with van der Waals surface area (Å²) in [4.78, 5) is 37.2. The number of benzene rings is 2. The lowest BCUT2D eigenvalue weighted by molar-refractivity contribution is 0.262. The van der Waals surface area contributed by atoms with Crippen LogP contribution >= 0.6 is 0 Å². The number of para-hydroxylation sites is 1. The molecule has 8 heteroatoms. The molecule has 3 heterocycles. The lowest BCUT2D eigenvalue weighted by Crippen LogP contribution is -2.30. The van der Waals surface area contributed by atoms with Crippen molar-refractivity contribution >= 4 is 28.4 Å². The molecule has 3 aromatic heterocycles. The summed E-state index contributed by atoms with van der Waals surface area (Å²) in [6.07, 6.45) is 7.77. The molecule has 0 saturated carbocycles. The summed E-state index contributed by atoms with van der Waals surface area (Å²) in [6, 6.07) is 21.1. The van der Waals surface area contributed by atoms with Crippen molar-refractivity contribution in [2.75, 3.05) is 17.2 Å². The van der Waals surface area contributed by atoms with E-state index in [2.05, 4.69) is 62.1 Å². The number of aryl methyl sites for hydroxylation is 1. The zero-order valence-electron chi connectivity index (χ0n) is 28.9. The minimum absolute atomic E-state index is 0.195. The Morgan fingerprint density at radius 2 is 1.52 bits per heavy atom. The van der Waals surface area contributed by atoms with Gasteiger partial charge in [0.2, 0.25) is 0 Å². The minimum Gasteiger partial charge on any atom is -0.493 e. The molecule has 250 valence electrons. The monoisotopic (exact) mass is 645 g/mol. The molecule has 0 aliphatic heterocycles. The van der Waals surface area contributed by atoms with Crippen LogP contribution < -0.4 is 20.9 Å². The van der Waals surface area contributed by atoms with Gasteiger partial charge in [-0.1, -0.05) is 71.9 Å². The van der Waals surface area contributed by atoms with E-state index in [9.17, 15) is 9.59 Å². The molecule has 5 rings (SSSR count). The van der Waals surface area contributed by atoms with E-state index in [1.807, 2.05) is 66.7 Å². The molecule has 2 amide bonds. The SMILES string of the molecule is CC(C)CCCn1c(=O)c(NC(=O)Nc2c(C(C)C)cccc2C(C)C)c(-c2cccc(OCCc3ccncc3)c2)c2cccnc21. The molecule has 0 atom stereocenters. The number of ether oxygens (including phenoxy) is 1. The van der Waals surface area contributed by atoms with Crippen molar-refractivity contribution in [3.05, 3.63) is 112 Å². The van der Waals surface area contributed by atoms with Gasteiger partial charge in [0.15, 0.2) is 0 Å². The summed E-state index contributed by atoms with van der Waals surface area (Å²) < 4.78 is 7.87. The number of anilines is 2. The topological polar surface area (TPSA) is 98.1 Å². The normalized spacial score (nSPS) is 11.4. The van der Waals surface area contributed by atoms with Crippen LogP contribution in [0.15, 0.2) is 90.1 Å². The van der Waals surface area contributed by atoms with E-state index in [0.717, 1.165) is 52.6 Å². The quantitative estimate of drug-likeness (QED) is 0.133. The fourth-order valence-electron chi connectivity index (χ4n) is 6.09. The maximum Gasteiger partial charge on any atom is 0.323 e. The molecular formula is C40H47N5O3. The van der Waals surface area contributed by atoms with E-state index in [4.69, 9.17) is 4.74 Å². The third-order valence-electron chi connectivity index (χ3n) is 8.57. The van der Waals surface area contributed by atoms with Crippen LogP contribution in [-0.2, 0) is 13.0 Å². The first-order valence-corrected chi connectivity index (χ1v) is 17.0. The van der Waals surface area contributed by atoms with Gasteiger partial charge in [-0.05, 0) is 89.2 Å². The highest BCUT2D eigenvalue weighted by molar-refractivity contribution is 6.07. The summed E-state index contributed by atoms with van der Waals surface area (Å²) >= 11 is 0. The predicted octanol–water partition coefficient (Wildman–Crippen LogP) is 9.41. The number of carbonyl (C=O) groups excluding carboxylic acids is 1. The molecule has 5 aromatic rings. The molecule has 0 aliphatic rings. The Morgan fingerprint density at radius 1 is 0.833 bits per heavy atom. The number of fused-ring (bicyclic) bond motifs is 1. The maximum atomic E-state index is 14.4. The van der Waals surface area contributed by atoms with Crippen LogP contribution in [0.25, 0.3) is 22.2 Å². The Morgan fingerprint density at radius 3 is 2.21 bits per heavy atom. The third-order valence-corrected chi connectivity index (χ3v) is 8.57. The first-order valence-electron chi connectivity index (χ1n) is 17.0. The highest BCUT2D eigenvalue weighted by atomic mass is 16.5. The molecule has 48 heavy (non-hydrogen) atoms. The fourth-order valence-corrected chi connectivity index (χ4v) is 6.09. The standard InChI is InChI=1S/C40H47N5O3/c1-26(2)11-10-23-45-38-34(16-9-20-42-38)35(30-12-7-13-31(25-30)48-24-19-29-17-21-41-22-18-29)37(39(45)46)44-40(47)43-36-32(27(3)4)14-8-15-33(36)28(5)6/h7-9,12-18,20-22,25-28H,10-11,19,23-24H2,1-6H3,(H2,43,44,47). The molecule has 0 unspecified atom stereocenters. The maximum absolute atomic E-state index is 14.4. The molecule has 2 N–H and O–H groups in total. The van der Waals surface area contributed by atoms with Crippen molar-refractivity contribution < 1.29 is 9.53 Å². The van der Waals surface area contributed by atoms with Gasteiger partial charge in [-0.3, -0.25) is 14.3 Å². The molecule has 0 aliphatic carbocycles. The third kappa shape index (κ3) is 8.11. The summed E-state index contributed by atoms with van der Waals surface area (Å²) in [5.74, 6) is 1.56. The average molecular weight is 646 g/mol. The van der Waals surface area contributed by atoms with E-state index in [1.165, 1.54) is 0 Å². The van der Waals surface area contributed by atoms with Crippen molar-refractivity contribution in [3.8, 4) is 16.9 Å². The Bertz CT molecular complexity index is 1890. The molecule has 0 bridgehead atoms. The molecular weight excluding hydrogens is 598 g/mol. The predicted molar refractivity (Wildman–Crippen MR) is 196 cm³/mol. The van der Waals surface area contributed by atoms with Crippen LogP contribution in [0.4, 0.5) is 16.2 Å². The number of amides is 2. The lowest BCUT2D eigenvalue weighted by Gasteiger charge is -2.22. The first-order chi connectivity index (χ1) is 23.1. The second kappa shape index (κ2) is 15.7. The van der Waals surface area contributed by atoms with Gasteiger partial charge in [0, 0.05) is 48.2 Å². The van der Waals surface area contributed by atoms with Gasteiger partial charge >= 0.3 is 6.03 Å². The summed E-state index contributed by atoms with van der Waals surface area (Å²) in [5, 5.41) is 6.92. The number of nitrogens with zero attached hydrogens (tertiary/aromatic N) is 3. The van der Waals surface area contributed by atoms with Gasteiger partial charge in [0.1, 0.15) is 17.1 Å². The van der Waals surface area contributed by atoms with Crippen LogP contribution in [0.1, 0.15) is 82.9 Å². The van der Waals surface area contributed by atoms with Gasteiger partial charge in [-0.25, -0.2) is 9.78 Å². The summed E-state index contributed by atoms with van der Waals surface area (Å²) in [5.41, 5.74) is 5.87. The van der Waals surface area contributed by atoms with Gasteiger partial charge in [-0.15, -0.1) is 0 Å². The van der Waals surface area contributed by atoms with Crippen molar-refractivity contribution in [3.63, 3.8) is 0 Å². The van der Waals surface area contributed by atoms with Crippen LogP contribution in [0.2, 0.25) is 0 Å². The number of urea groups is 1. The van der Waals surface area contributed by atoms with Crippen LogP contribution in [0.5, 0.6) is 5.75 Å². The largest absolute Gasteiger partial charge is 0.493 e. The number of nitrogens with one attached hydrogen (secondary N) is 2. The van der Waals surface area contributed by atoms with Gasteiger partial charge < -0.3 is 15.4 Å². The van der Waals surface area contributed by atoms with Gasteiger partial charge in [0.25, 0.3) is 5.56 Å². The number of hydrogen-bond acceptors (Lipinski definition) is 5. The summed E-state index contributed by atoms with van der Waals surface area (Å²) in [6.45, 7) is 13.8. The number of carbonyl (C=O) groups is 1. The zero-order chi connectivity index (χ0) is 34.2. The van der Waals surface area contributed by atoms with Crippen molar-refractivity contribution in [1.29, 1.82) is 0 Å². The Balaban J connectivity index is 1.58. The molecule has 0 spiro atoms. The number of pyridine rings is 3. The fraction of sp³-hybridized carbons (Fsp3) is 0.350. The molecule has 8 nitrogen and oxygen atoms in total. The van der Waals surface area contributed by atoms with E-state index in [0.29, 0.717) is 36.0 Å². The van der Waals surface area contributed by atoms with E-state index in [1.54, 1.807) is 23.2 Å². The van der Waals surface area contributed by atoms with E-state index < -0.39 is 6.03 Å². The molecule has 0 saturated heterocycles. The highest BCUT2D eigenvalue weighted by Crippen LogP contribution is 2.36. The minimum atomic E-state index is -0.468. The average Bonchev–Trinajstić information content (AvgIpc) is 3.06. The Labute approximate surface area is 283 Å². The number of hydrogen-bond donors (Lipinski definition) is 2. The molecule has 0 fully saturated rings. The van der Waals surface area contributed by atoms with E-state index in [-0.39, 0.29) is 23.1 Å².